The van der Waals surface area contributed by atoms with Crippen LogP contribution < -0.4 is 0 Å². The molecular formula is C9H16O3S. The van der Waals surface area contributed by atoms with Crippen LogP contribution in [0, 0.1) is 11.8 Å². The van der Waals surface area contributed by atoms with Crippen molar-refractivity contribution in [3.05, 3.63) is 0 Å². The van der Waals surface area contributed by atoms with Crippen LogP contribution in [0.1, 0.15) is 33.1 Å². The molecule has 1 heterocycles. The molecule has 2 aliphatic rings. The first-order chi connectivity index (χ1) is 6.04. The summed E-state index contributed by atoms with van der Waals surface area (Å²) in [6.07, 6.45) is 2.84. The van der Waals surface area contributed by atoms with Gasteiger partial charge in [0.2, 0.25) is 0 Å². The zero-order valence-corrected chi connectivity index (χ0v) is 8.88. The summed E-state index contributed by atoms with van der Waals surface area (Å²) in [6.45, 7) is 4.00. The van der Waals surface area contributed by atoms with Crippen molar-refractivity contribution in [2.24, 2.45) is 11.8 Å². The van der Waals surface area contributed by atoms with Gasteiger partial charge in [-0.1, -0.05) is 13.3 Å². The summed E-state index contributed by atoms with van der Waals surface area (Å²) in [5.74, 6) is 0.853. The predicted octanol–water partition coefficient (Wildman–Crippen LogP) is 1.54. The number of rotatable bonds is 1. The van der Waals surface area contributed by atoms with E-state index in [4.69, 9.17) is 4.18 Å². The molecule has 4 atom stereocenters. The van der Waals surface area contributed by atoms with Crippen LogP contribution in [0.5, 0.6) is 0 Å². The van der Waals surface area contributed by atoms with E-state index >= 15 is 0 Å². The van der Waals surface area contributed by atoms with Crippen LogP contribution in [0.3, 0.4) is 0 Å². The van der Waals surface area contributed by atoms with Gasteiger partial charge in [-0.05, 0) is 25.7 Å². The van der Waals surface area contributed by atoms with Crippen LogP contribution in [0.15, 0.2) is 0 Å². The van der Waals surface area contributed by atoms with Crippen molar-refractivity contribution in [3.63, 3.8) is 0 Å². The van der Waals surface area contributed by atoms with Crippen molar-refractivity contribution in [2.75, 3.05) is 0 Å². The van der Waals surface area contributed by atoms with E-state index in [0.29, 0.717) is 5.92 Å². The van der Waals surface area contributed by atoms with Crippen molar-refractivity contribution >= 4 is 10.1 Å². The van der Waals surface area contributed by atoms with E-state index in [0.717, 1.165) is 19.3 Å². The van der Waals surface area contributed by atoms with Crippen LogP contribution in [0.2, 0.25) is 0 Å². The van der Waals surface area contributed by atoms with Gasteiger partial charge in [-0.2, -0.15) is 8.42 Å². The van der Waals surface area contributed by atoms with Crippen LogP contribution in [-0.4, -0.2) is 19.8 Å². The molecule has 0 aromatic carbocycles. The van der Waals surface area contributed by atoms with E-state index in [1.807, 2.05) is 6.92 Å². The summed E-state index contributed by atoms with van der Waals surface area (Å²) in [7, 11) is -3.22. The lowest BCUT2D eigenvalue weighted by atomic mass is 9.99. The van der Waals surface area contributed by atoms with Gasteiger partial charge in [0.25, 0.3) is 10.1 Å². The summed E-state index contributed by atoms with van der Waals surface area (Å²) in [4.78, 5) is 0. The number of hydrogen-bond donors (Lipinski definition) is 0. The van der Waals surface area contributed by atoms with E-state index in [1.165, 1.54) is 0 Å². The smallest absolute Gasteiger partial charge is 0.266 e. The molecule has 1 aliphatic carbocycles. The van der Waals surface area contributed by atoms with Gasteiger partial charge in [0.05, 0.1) is 11.4 Å². The molecule has 0 aromatic heterocycles. The zero-order valence-electron chi connectivity index (χ0n) is 8.06. The van der Waals surface area contributed by atoms with E-state index in [9.17, 15) is 8.42 Å². The molecule has 2 rings (SSSR count). The lowest BCUT2D eigenvalue weighted by molar-refractivity contribution is 0.199. The minimum Gasteiger partial charge on any atom is -0.266 e. The van der Waals surface area contributed by atoms with Gasteiger partial charge in [-0.3, -0.25) is 4.18 Å². The van der Waals surface area contributed by atoms with Crippen LogP contribution in [-0.2, 0) is 14.3 Å². The Labute approximate surface area is 79.6 Å². The van der Waals surface area contributed by atoms with E-state index in [2.05, 4.69) is 6.92 Å². The molecule has 13 heavy (non-hydrogen) atoms. The molecular weight excluding hydrogens is 188 g/mol. The fourth-order valence-electron chi connectivity index (χ4n) is 2.65. The molecule has 76 valence electrons. The van der Waals surface area contributed by atoms with E-state index in [-0.39, 0.29) is 17.3 Å². The van der Waals surface area contributed by atoms with Crippen molar-refractivity contribution in [3.8, 4) is 0 Å². The highest BCUT2D eigenvalue weighted by Gasteiger charge is 2.51. The fraction of sp³-hybridized carbons (Fsp3) is 1.00. The Hall–Kier alpha value is -0.0900. The summed E-state index contributed by atoms with van der Waals surface area (Å²) >= 11 is 0. The van der Waals surface area contributed by atoms with Gasteiger partial charge >= 0.3 is 0 Å². The molecule has 0 spiro atoms. The van der Waals surface area contributed by atoms with Gasteiger partial charge in [-0.25, -0.2) is 0 Å². The Morgan fingerprint density at radius 3 is 2.62 bits per heavy atom. The standard InChI is InChI=1S/C9H16O3S/c1-3-7-4-8-6(2)12-13(10,11)9(8)5-7/h6-9H,3-5H2,1-2H3. The van der Waals surface area contributed by atoms with E-state index in [1.54, 1.807) is 0 Å². The second-order valence-corrected chi connectivity index (χ2v) is 6.03. The third-order valence-electron chi connectivity index (χ3n) is 3.49. The van der Waals surface area contributed by atoms with Gasteiger partial charge < -0.3 is 0 Å². The van der Waals surface area contributed by atoms with Crippen molar-refractivity contribution in [1.29, 1.82) is 0 Å². The van der Waals surface area contributed by atoms with Gasteiger partial charge in [-0.15, -0.1) is 0 Å². The Kier molecular flexibility index (Phi) is 2.15. The molecule has 2 fully saturated rings. The number of fused-ring (bicyclic) bond motifs is 1. The van der Waals surface area contributed by atoms with Gasteiger partial charge in [0, 0.05) is 5.92 Å². The highest BCUT2D eigenvalue weighted by Crippen LogP contribution is 2.45. The van der Waals surface area contributed by atoms with Crippen molar-refractivity contribution < 1.29 is 12.6 Å². The molecule has 1 saturated heterocycles. The summed E-state index contributed by atoms with van der Waals surface area (Å²) < 4.78 is 28.0. The Morgan fingerprint density at radius 1 is 1.38 bits per heavy atom. The highest BCUT2D eigenvalue weighted by atomic mass is 32.2. The second-order valence-electron chi connectivity index (χ2n) is 4.24. The SMILES string of the molecule is CCC1CC2C(C)OS(=O)(=O)C2C1. The molecule has 0 amide bonds. The van der Waals surface area contributed by atoms with Crippen LogP contribution in [0.25, 0.3) is 0 Å². The first kappa shape index (κ1) is 9.46. The maximum Gasteiger partial charge on any atom is 0.270 e. The fourth-order valence-corrected chi connectivity index (χ4v) is 4.63. The molecule has 0 radical (unpaired) electrons. The summed E-state index contributed by atoms with van der Waals surface area (Å²) in [5, 5.41) is -0.201. The maximum absolute atomic E-state index is 11.5. The minimum absolute atomic E-state index is 0.0912. The van der Waals surface area contributed by atoms with E-state index < -0.39 is 10.1 Å². The lowest BCUT2D eigenvalue weighted by Crippen LogP contribution is -2.17. The molecule has 1 saturated carbocycles. The quantitative estimate of drug-likeness (QED) is 0.608. The first-order valence-corrected chi connectivity index (χ1v) is 6.44. The molecule has 0 N–H and O–H groups in total. The Balaban J connectivity index is 2.23. The topological polar surface area (TPSA) is 43.4 Å². The monoisotopic (exact) mass is 204 g/mol. The minimum atomic E-state index is -3.22. The zero-order chi connectivity index (χ0) is 9.64. The lowest BCUT2D eigenvalue weighted by Gasteiger charge is -2.10. The third kappa shape index (κ3) is 1.40. The predicted molar refractivity (Wildman–Crippen MR) is 49.8 cm³/mol. The first-order valence-electron chi connectivity index (χ1n) is 4.96. The number of hydrogen-bond acceptors (Lipinski definition) is 3. The van der Waals surface area contributed by atoms with Crippen molar-refractivity contribution in [1.82, 2.24) is 0 Å². The second kappa shape index (κ2) is 2.95. The van der Waals surface area contributed by atoms with Gasteiger partial charge in [0.15, 0.2) is 0 Å². The molecule has 4 unspecified atom stereocenters. The average Bonchev–Trinajstić information content (AvgIpc) is 2.53. The molecule has 0 bridgehead atoms. The molecule has 3 nitrogen and oxygen atoms in total. The van der Waals surface area contributed by atoms with Crippen LogP contribution in [0.4, 0.5) is 0 Å². The Morgan fingerprint density at radius 2 is 2.08 bits per heavy atom. The molecule has 4 heteroatoms. The van der Waals surface area contributed by atoms with Crippen LogP contribution >= 0.6 is 0 Å². The molecule has 0 aromatic rings. The Bertz CT molecular complexity index is 296. The van der Waals surface area contributed by atoms with Crippen molar-refractivity contribution in [2.45, 2.75) is 44.5 Å². The summed E-state index contributed by atoms with van der Waals surface area (Å²) in [6, 6.07) is 0. The highest BCUT2D eigenvalue weighted by molar-refractivity contribution is 7.87. The van der Waals surface area contributed by atoms with Gasteiger partial charge in [0.1, 0.15) is 0 Å². The largest absolute Gasteiger partial charge is 0.270 e. The average molecular weight is 204 g/mol. The summed E-state index contributed by atoms with van der Waals surface area (Å²) in [5.41, 5.74) is 0. The third-order valence-corrected chi connectivity index (χ3v) is 5.34. The maximum atomic E-state index is 11.5. The normalized spacial score (nSPS) is 47.8. The molecule has 1 aliphatic heterocycles.